The Morgan fingerprint density at radius 3 is 0.600 bits per heavy atom. The summed E-state index contributed by atoms with van der Waals surface area (Å²) in [4.78, 5) is 35.7. The van der Waals surface area contributed by atoms with E-state index in [0.717, 1.165) is 0 Å². The van der Waals surface area contributed by atoms with Gasteiger partial charge in [0, 0.05) is 0 Å². The van der Waals surface area contributed by atoms with Gasteiger partial charge in [-0.25, -0.2) is 0 Å². The minimum Gasteiger partial charge on any atom is -2.00 e. The van der Waals surface area contributed by atoms with Gasteiger partial charge in [-0.2, -0.15) is 0 Å². The van der Waals surface area contributed by atoms with E-state index in [0.29, 0.717) is 0 Å². The van der Waals surface area contributed by atoms with Gasteiger partial charge in [0.2, 0.25) is 0 Å². The second kappa shape index (κ2) is 43.3. The van der Waals surface area contributed by atoms with E-state index in [1.807, 2.05) is 0 Å². The van der Waals surface area contributed by atoms with Crippen LogP contribution in [0.1, 0.15) is 0 Å². The van der Waals surface area contributed by atoms with Crippen molar-refractivity contribution in [2.45, 2.75) is 0 Å². The van der Waals surface area contributed by atoms with Crippen LogP contribution in [0.4, 0.5) is 0 Å². The standard InChI is InChI=1S/2C2H2O4.H3N.Nb.5H2O.O/c2*3-1(4)2(5)6;;;;;;;;/h2*(H,3,4)(H,5,6);1H3;;5*1H2;/q;;;+5;;;;;;-2/p-1. The quantitative estimate of drug-likeness (QED) is 0.232. The van der Waals surface area contributed by atoms with Crippen molar-refractivity contribution in [3.63, 3.8) is 0 Å². The van der Waals surface area contributed by atoms with Crippen LogP contribution in [0.25, 0.3) is 0 Å². The maximum Gasteiger partial charge on any atom is 5.00 e. The van der Waals surface area contributed by atoms with Crippen LogP contribution in [0.15, 0.2) is 0 Å². The number of aliphatic carboxylic acids is 4. The van der Waals surface area contributed by atoms with Crippen molar-refractivity contribution in [3.8, 4) is 0 Å². The van der Waals surface area contributed by atoms with Crippen molar-refractivity contribution in [2.75, 3.05) is 0 Å². The Labute approximate surface area is 125 Å². The van der Waals surface area contributed by atoms with Crippen molar-refractivity contribution < 1.29 is 94.8 Å². The third-order valence-corrected chi connectivity index (χ3v) is 0.333. The fraction of sp³-hybridized carbons (Fsp3) is 0. The fourth-order valence-electron chi connectivity index (χ4n) is 0. The van der Waals surface area contributed by atoms with Crippen molar-refractivity contribution >= 4 is 23.9 Å². The van der Waals surface area contributed by atoms with Crippen molar-refractivity contribution in [2.24, 2.45) is 0 Å². The number of carbonyl (C=O) groups is 4. The molecule has 20 heavy (non-hydrogen) atoms. The first kappa shape index (κ1) is 79.3. The van der Waals surface area contributed by atoms with E-state index in [2.05, 4.69) is 0 Å². The third kappa shape index (κ3) is 95.7. The van der Waals surface area contributed by atoms with Crippen molar-refractivity contribution in [1.82, 2.24) is 6.15 Å². The molecule has 0 saturated heterocycles. The van der Waals surface area contributed by atoms with Crippen LogP contribution in [-0.2, 0) is 58.0 Å². The van der Waals surface area contributed by atoms with Crippen LogP contribution < -0.4 is 26.6 Å². The van der Waals surface area contributed by atoms with Gasteiger partial charge in [0.1, 0.15) is 0 Å². The van der Waals surface area contributed by atoms with E-state index in [1.54, 1.807) is 0 Å². The predicted molar refractivity (Wildman–Crippen MR) is 47.3 cm³/mol. The molecule has 0 atom stereocenters. The van der Waals surface area contributed by atoms with Gasteiger partial charge in [0.15, 0.2) is 0 Å². The summed E-state index contributed by atoms with van der Waals surface area (Å²) in [5, 5.41) is 35.7. The zero-order chi connectivity index (χ0) is 10.3. The summed E-state index contributed by atoms with van der Waals surface area (Å²) in [6, 6.07) is 0. The zero-order valence-corrected chi connectivity index (χ0v) is 12.0. The minimum atomic E-state index is -2.19. The van der Waals surface area contributed by atoms with Gasteiger partial charge in [0.25, 0.3) is 0 Å². The molecule has 0 aromatic heterocycles. The van der Waals surface area contributed by atoms with E-state index in [4.69, 9.17) is 39.6 Å². The molecule has 16 N–H and O–H groups in total. The third-order valence-electron chi connectivity index (χ3n) is 0.333. The number of hydrogen-bond donors (Lipinski definition) is 1. The number of quaternary nitrogens is 1. The maximum absolute atomic E-state index is 8.93. The number of hydrogen-bond acceptors (Lipinski definition) is 8. The van der Waals surface area contributed by atoms with Gasteiger partial charge < -0.3 is 78.6 Å². The zero-order valence-electron chi connectivity index (χ0n) is 9.78. The topological polar surface area (TPSA) is 386 Å². The number of carboxylic acids is 4. The Kier molecular flexibility index (Phi) is 172. The Bertz CT molecular complexity index is 181. The van der Waals surface area contributed by atoms with E-state index >= 15 is 0 Å². The Balaban J connectivity index is -0.00000000893. The van der Waals surface area contributed by atoms with Crippen molar-refractivity contribution in [1.29, 1.82) is 0 Å². The molecular weight excluding hydrogens is 379 g/mol. The predicted octanol–water partition coefficient (Wildman–Crippen LogP) is -11.1. The minimum absolute atomic E-state index is 0. The molecule has 0 unspecified atom stereocenters. The largest absolute Gasteiger partial charge is 5.00 e. The molecule has 0 radical (unpaired) electrons. The first-order valence-corrected chi connectivity index (χ1v) is 2.13. The molecule has 0 amide bonds. The summed E-state index contributed by atoms with van der Waals surface area (Å²) in [6.45, 7) is 0. The second-order valence-corrected chi connectivity index (χ2v) is 1.15. The molecule has 0 aliphatic rings. The Hall–Kier alpha value is -1.66. The molecule has 0 heterocycles. The molecule has 0 aromatic carbocycles. The molecule has 0 spiro atoms. The second-order valence-electron chi connectivity index (χ2n) is 1.15. The van der Waals surface area contributed by atoms with E-state index in [-0.39, 0.29) is 61.4 Å². The summed E-state index contributed by atoms with van der Waals surface area (Å²) < 4.78 is 0. The van der Waals surface area contributed by atoms with Crippen LogP contribution in [-0.4, -0.2) is 40.3 Å². The molecule has 0 bridgehead atoms. The average Bonchev–Trinajstić information content (AvgIpc) is 1.88. The van der Waals surface area contributed by atoms with E-state index < -0.39 is 23.9 Å². The summed E-state index contributed by atoms with van der Waals surface area (Å²) in [6.07, 6.45) is 0. The van der Waals surface area contributed by atoms with E-state index in [9.17, 15) is 0 Å². The summed E-state index contributed by atoms with van der Waals surface area (Å²) in [5.74, 6) is -8.74. The molecule has 15 nitrogen and oxygen atoms in total. The van der Waals surface area contributed by atoms with Gasteiger partial charge in [-0.15, -0.1) is 0 Å². The van der Waals surface area contributed by atoms with Crippen LogP contribution in [0.3, 0.4) is 0 Å². The first-order valence-electron chi connectivity index (χ1n) is 2.13. The molecule has 0 saturated carbocycles. The van der Waals surface area contributed by atoms with Gasteiger partial charge in [-0.1, -0.05) is 0 Å². The number of rotatable bonds is 0. The van der Waals surface area contributed by atoms with Gasteiger partial charge in [-0.3, -0.25) is 0 Å². The molecule has 0 aromatic rings. The van der Waals surface area contributed by atoms with Gasteiger partial charge in [0.05, 0.1) is 23.9 Å². The summed E-state index contributed by atoms with van der Waals surface area (Å²) in [7, 11) is 0. The monoisotopic (exact) mass is 395 g/mol. The number of carbonyl (C=O) groups excluding carboxylic acids is 4. The molecule has 0 rings (SSSR count). The molecule has 0 aliphatic carbocycles. The van der Waals surface area contributed by atoms with Gasteiger partial charge >= 0.3 is 22.4 Å². The molecular formula is C4H16NNbO14+2. The average molecular weight is 395 g/mol. The fourth-order valence-corrected chi connectivity index (χ4v) is 0. The van der Waals surface area contributed by atoms with E-state index in [1.165, 1.54) is 0 Å². The smallest absolute Gasteiger partial charge is 2.00 e. The normalized spacial score (nSPS) is 4.40. The number of carboxylic acid groups (broad SMARTS) is 4. The van der Waals surface area contributed by atoms with Gasteiger partial charge in [-0.05, 0) is 0 Å². The molecule has 16 heteroatoms. The summed E-state index contributed by atoms with van der Waals surface area (Å²) >= 11 is 0. The molecule has 0 aliphatic heterocycles. The van der Waals surface area contributed by atoms with Crippen LogP contribution in [0.5, 0.6) is 0 Å². The Morgan fingerprint density at radius 2 is 0.600 bits per heavy atom. The maximum atomic E-state index is 8.93. The van der Waals surface area contributed by atoms with Crippen LogP contribution in [0, 0.1) is 0 Å². The summed E-state index contributed by atoms with van der Waals surface area (Å²) in [5.41, 5.74) is 0. The molecule has 0 fully saturated rings. The Morgan fingerprint density at radius 1 is 0.550 bits per heavy atom. The molecule has 124 valence electrons. The first-order chi connectivity index (χ1) is 5.29. The SMILES string of the molecule is O.O.O.O=C([O-])C(=O)[O-].O=C([O-])C(=O)[O-].[NH4+].[Nb+5].[O-2].[OH3+].[OH3+]. The van der Waals surface area contributed by atoms with Crippen LogP contribution in [0.2, 0.25) is 0 Å². The van der Waals surface area contributed by atoms with Crippen molar-refractivity contribution in [3.05, 3.63) is 0 Å². The van der Waals surface area contributed by atoms with Crippen LogP contribution >= 0.6 is 0 Å².